The molecule has 0 aliphatic heterocycles. The van der Waals surface area contributed by atoms with Crippen LogP contribution in [0.3, 0.4) is 0 Å². The molecule has 0 saturated heterocycles. The zero-order chi connectivity index (χ0) is 14.5. The van der Waals surface area contributed by atoms with Gasteiger partial charge in [0.15, 0.2) is 0 Å². The molecule has 1 aromatic carbocycles. The number of nitrogens with zero attached hydrogens (tertiary/aromatic N) is 1. The molecule has 3 heteroatoms. The smallest absolute Gasteiger partial charge is 0.122 e. The van der Waals surface area contributed by atoms with Crippen molar-refractivity contribution < 1.29 is 4.74 Å². The van der Waals surface area contributed by atoms with Crippen molar-refractivity contribution in [2.75, 3.05) is 14.2 Å². The number of aromatic nitrogens is 1. The molecule has 0 amide bonds. The Morgan fingerprint density at radius 2 is 2.05 bits per heavy atom. The Morgan fingerprint density at radius 1 is 1.25 bits per heavy atom. The van der Waals surface area contributed by atoms with E-state index < -0.39 is 0 Å². The normalized spacial score (nSPS) is 12.2. The number of hydrogen-bond donors (Lipinski definition) is 1. The van der Waals surface area contributed by atoms with E-state index in [0.29, 0.717) is 0 Å². The topological polar surface area (TPSA) is 34.1 Å². The van der Waals surface area contributed by atoms with Crippen molar-refractivity contribution in [1.82, 2.24) is 10.3 Å². The fourth-order valence-electron chi connectivity index (χ4n) is 2.50. The van der Waals surface area contributed by atoms with Crippen molar-refractivity contribution in [2.45, 2.75) is 26.3 Å². The van der Waals surface area contributed by atoms with Crippen molar-refractivity contribution in [1.29, 1.82) is 0 Å². The van der Waals surface area contributed by atoms with Crippen molar-refractivity contribution >= 4 is 0 Å². The van der Waals surface area contributed by atoms with E-state index in [1.165, 1.54) is 22.3 Å². The van der Waals surface area contributed by atoms with Gasteiger partial charge in [0.1, 0.15) is 5.75 Å². The molecule has 0 bridgehead atoms. The molecular formula is C17H22N2O. The van der Waals surface area contributed by atoms with Gasteiger partial charge in [-0.3, -0.25) is 4.98 Å². The summed E-state index contributed by atoms with van der Waals surface area (Å²) in [6, 6.07) is 8.58. The van der Waals surface area contributed by atoms with Crippen molar-refractivity contribution in [3.8, 4) is 5.75 Å². The predicted octanol–water partition coefficient (Wildman–Crippen LogP) is 3.21. The van der Waals surface area contributed by atoms with Crippen LogP contribution in [0.2, 0.25) is 0 Å². The molecule has 1 atom stereocenters. The van der Waals surface area contributed by atoms with Crippen LogP contribution in [0.1, 0.15) is 28.3 Å². The molecule has 0 spiro atoms. The first-order valence-corrected chi connectivity index (χ1v) is 6.87. The number of rotatable bonds is 5. The standard InChI is InChI=1S/C17H22N2O/c1-12-5-6-17(20-4)14(9-12)10-16(18-3)15-11-19-8-7-13(15)2/h5-9,11,16,18H,10H2,1-4H3. The maximum atomic E-state index is 5.47. The lowest BCUT2D eigenvalue weighted by Gasteiger charge is -2.20. The van der Waals surface area contributed by atoms with Gasteiger partial charge in [-0.15, -0.1) is 0 Å². The molecule has 3 nitrogen and oxygen atoms in total. The van der Waals surface area contributed by atoms with Gasteiger partial charge in [0.2, 0.25) is 0 Å². The SMILES string of the molecule is CNC(Cc1cc(C)ccc1OC)c1cnccc1C. The Balaban J connectivity index is 2.31. The number of hydrogen-bond acceptors (Lipinski definition) is 3. The first-order valence-electron chi connectivity index (χ1n) is 6.87. The van der Waals surface area contributed by atoms with Crippen LogP contribution >= 0.6 is 0 Å². The third-order valence-corrected chi connectivity index (χ3v) is 3.66. The quantitative estimate of drug-likeness (QED) is 0.906. The number of methoxy groups -OCH3 is 1. The van der Waals surface area contributed by atoms with Gasteiger partial charge < -0.3 is 10.1 Å². The van der Waals surface area contributed by atoms with Crippen LogP contribution in [0, 0.1) is 13.8 Å². The minimum Gasteiger partial charge on any atom is -0.496 e. The number of pyridine rings is 1. The lowest BCUT2D eigenvalue weighted by molar-refractivity contribution is 0.406. The molecule has 20 heavy (non-hydrogen) atoms. The van der Waals surface area contributed by atoms with Gasteiger partial charge in [-0.2, -0.15) is 0 Å². The first kappa shape index (κ1) is 14.5. The Kier molecular flexibility index (Phi) is 4.74. The van der Waals surface area contributed by atoms with E-state index in [1.807, 2.05) is 31.6 Å². The van der Waals surface area contributed by atoms with Gasteiger partial charge in [0.05, 0.1) is 7.11 Å². The van der Waals surface area contributed by atoms with Gasteiger partial charge in [0.25, 0.3) is 0 Å². The number of likely N-dealkylation sites (N-methyl/N-ethyl adjacent to an activating group) is 1. The average molecular weight is 270 g/mol. The van der Waals surface area contributed by atoms with E-state index in [4.69, 9.17) is 4.74 Å². The summed E-state index contributed by atoms with van der Waals surface area (Å²) in [5.41, 5.74) is 4.96. The third-order valence-electron chi connectivity index (χ3n) is 3.66. The fraction of sp³-hybridized carbons (Fsp3) is 0.353. The largest absolute Gasteiger partial charge is 0.496 e. The second-order valence-corrected chi connectivity index (χ2v) is 5.09. The molecule has 106 valence electrons. The van der Waals surface area contributed by atoms with Crippen molar-refractivity contribution in [3.05, 3.63) is 58.9 Å². The van der Waals surface area contributed by atoms with Crippen molar-refractivity contribution in [3.63, 3.8) is 0 Å². The lowest BCUT2D eigenvalue weighted by atomic mass is 9.96. The minimum absolute atomic E-state index is 0.236. The van der Waals surface area contributed by atoms with E-state index in [2.05, 4.69) is 36.3 Å². The summed E-state index contributed by atoms with van der Waals surface area (Å²) in [4.78, 5) is 4.24. The van der Waals surface area contributed by atoms with Crippen LogP contribution in [0.25, 0.3) is 0 Å². The zero-order valence-electron chi connectivity index (χ0n) is 12.6. The highest BCUT2D eigenvalue weighted by molar-refractivity contribution is 5.39. The number of aryl methyl sites for hydroxylation is 2. The van der Waals surface area contributed by atoms with Crippen LogP contribution in [0.4, 0.5) is 0 Å². The molecule has 0 fully saturated rings. The molecule has 0 radical (unpaired) electrons. The van der Waals surface area contributed by atoms with Gasteiger partial charge in [-0.25, -0.2) is 0 Å². The highest BCUT2D eigenvalue weighted by Gasteiger charge is 2.15. The summed E-state index contributed by atoms with van der Waals surface area (Å²) in [6.07, 6.45) is 4.66. The Morgan fingerprint density at radius 3 is 2.70 bits per heavy atom. The number of nitrogens with one attached hydrogen (secondary N) is 1. The molecular weight excluding hydrogens is 248 g/mol. The first-order chi connectivity index (χ1) is 9.65. The average Bonchev–Trinajstić information content (AvgIpc) is 2.46. The monoisotopic (exact) mass is 270 g/mol. The second-order valence-electron chi connectivity index (χ2n) is 5.09. The summed E-state index contributed by atoms with van der Waals surface area (Å²) in [7, 11) is 3.71. The summed E-state index contributed by atoms with van der Waals surface area (Å²) < 4.78 is 5.47. The van der Waals surface area contributed by atoms with Crippen LogP contribution in [0.5, 0.6) is 5.75 Å². The number of ether oxygens (including phenoxy) is 1. The Bertz CT molecular complexity index is 581. The highest BCUT2D eigenvalue weighted by atomic mass is 16.5. The zero-order valence-corrected chi connectivity index (χ0v) is 12.6. The fourth-order valence-corrected chi connectivity index (χ4v) is 2.50. The number of benzene rings is 1. The Hall–Kier alpha value is -1.87. The molecule has 1 unspecified atom stereocenters. The maximum absolute atomic E-state index is 5.47. The van der Waals surface area contributed by atoms with Crippen LogP contribution < -0.4 is 10.1 Å². The van der Waals surface area contributed by atoms with Gasteiger partial charge >= 0.3 is 0 Å². The van der Waals surface area contributed by atoms with E-state index in [-0.39, 0.29) is 6.04 Å². The van der Waals surface area contributed by atoms with E-state index >= 15 is 0 Å². The van der Waals surface area contributed by atoms with Gasteiger partial charge in [-0.1, -0.05) is 17.7 Å². The molecule has 2 rings (SSSR count). The summed E-state index contributed by atoms with van der Waals surface area (Å²) >= 11 is 0. The molecule has 0 aliphatic carbocycles. The maximum Gasteiger partial charge on any atom is 0.122 e. The summed E-state index contributed by atoms with van der Waals surface area (Å²) in [5.74, 6) is 0.942. The Labute approximate surface area is 121 Å². The predicted molar refractivity (Wildman–Crippen MR) is 82.2 cm³/mol. The summed E-state index contributed by atoms with van der Waals surface area (Å²) in [6.45, 7) is 4.22. The minimum atomic E-state index is 0.236. The molecule has 0 aliphatic rings. The lowest BCUT2D eigenvalue weighted by Crippen LogP contribution is -2.20. The highest BCUT2D eigenvalue weighted by Crippen LogP contribution is 2.27. The molecule has 2 aromatic rings. The molecule has 1 N–H and O–H groups in total. The molecule has 0 saturated carbocycles. The molecule has 1 aromatic heterocycles. The van der Waals surface area contributed by atoms with Gasteiger partial charge in [0, 0.05) is 18.4 Å². The van der Waals surface area contributed by atoms with Crippen molar-refractivity contribution in [2.24, 2.45) is 0 Å². The second kappa shape index (κ2) is 6.53. The van der Waals surface area contributed by atoms with Crippen LogP contribution in [-0.4, -0.2) is 19.1 Å². The molecule has 1 heterocycles. The van der Waals surface area contributed by atoms with E-state index in [0.717, 1.165) is 12.2 Å². The van der Waals surface area contributed by atoms with Gasteiger partial charge in [-0.05, 0) is 56.1 Å². The van der Waals surface area contributed by atoms with E-state index in [9.17, 15) is 0 Å². The van der Waals surface area contributed by atoms with Crippen LogP contribution in [0.15, 0.2) is 36.7 Å². The van der Waals surface area contributed by atoms with Crippen LogP contribution in [-0.2, 0) is 6.42 Å². The third kappa shape index (κ3) is 3.17. The summed E-state index contributed by atoms with van der Waals surface area (Å²) in [5, 5.41) is 3.38. The van der Waals surface area contributed by atoms with E-state index in [1.54, 1.807) is 7.11 Å².